The number of aromatic nitrogens is 1. The van der Waals surface area contributed by atoms with Gasteiger partial charge in [0.15, 0.2) is 0 Å². The Morgan fingerprint density at radius 3 is 3.00 bits per heavy atom. The van der Waals surface area contributed by atoms with Crippen LogP contribution in [0.2, 0.25) is 0 Å². The first-order chi connectivity index (χ1) is 9.79. The predicted molar refractivity (Wildman–Crippen MR) is 76.2 cm³/mol. The van der Waals surface area contributed by atoms with Crippen LogP contribution < -0.4 is 10.6 Å². The third kappa shape index (κ3) is 3.59. The van der Waals surface area contributed by atoms with E-state index in [4.69, 9.17) is 0 Å². The van der Waals surface area contributed by atoms with Crippen molar-refractivity contribution in [3.05, 3.63) is 28.0 Å². The summed E-state index contributed by atoms with van der Waals surface area (Å²) in [5.74, 6) is 0.0770. The van der Waals surface area contributed by atoms with Gasteiger partial charge in [-0.1, -0.05) is 23.0 Å². The van der Waals surface area contributed by atoms with Crippen LogP contribution in [-0.4, -0.2) is 17.1 Å². The maximum Gasteiger partial charge on any atom is 0.291 e. The molecule has 1 aliphatic carbocycles. The zero-order valence-electron chi connectivity index (χ0n) is 12.2. The number of nitrogens with one attached hydrogen (secondary N) is 2. The molecule has 2 N–H and O–H groups in total. The van der Waals surface area contributed by atoms with Gasteiger partial charge in [0.25, 0.3) is 12.1 Å². The molecule has 1 aliphatic heterocycles. The van der Waals surface area contributed by atoms with Gasteiger partial charge in [0.2, 0.25) is 0 Å². The number of halogens is 1. The van der Waals surface area contributed by atoms with Crippen LogP contribution in [0.15, 0.2) is 0 Å². The van der Waals surface area contributed by atoms with E-state index in [-0.39, 0.29) is 49.0 Å². The molecule has 4 nitrogen and oxygen atoms in total. The van der Waals surface area contributed by atoms with Crippen molar-refractivity contribution < 1.29 is 35.5 Å². The molecule has 1 aromatic heterocycles. The zero-order valence-corrected chi connectivity index (χ0v) is 16.3. The number of pyridine rings is 1. The van der Waals surface area contributed by atoms with E-state index in [9.17, 15) is 4.39 Å². The van der Waals surface area contributed by atoms with Crippen LogP contribution in [0.3, 0.4) is 0 Å². The summed E-state index contributed by atoms with van der Waals surface area (Å²) in [5, 5.41) is 6.36. The van der Waals surface area contributed by atoms with Gasteiger partial charge in [-0.3, -0.25) is 0 Å². The van der Waals surface area contributed by atoms with Crippen molar-refractivity contribution >= 4 is 5.82 Å². The van der Waals surface area contributed by atoms with Crippen LogP contribution in [0.25, 0.3) is 4.85 Å². The van der Waals surface area contributed by atoms with Gasteiger partial charge in [-0.15, -0.1) is 5.56 Å². The SMILES string of the molecule is CC#[N+][C@H]1CCCC[C@H]1Nc1n[c-]c2c(c1F)CNC2.[U]. The Hall–Kier alpha value is -0.618. The Kier molecular flexibility index (Phi) is 6.05. The summed E-state index contributed by atoms with van der Waals surface area (Å²) >= 11 is 0. The fourth-order valence-electron chi connectivity index (χ4n) is 3.03. The number of fused-ring (bicyclic) bond motifs is 1. The Balaban J connectivity index is 0.00000161. The normalized spacial score (nSPS) is 23.5. The van der Waals surface area contributed by atoms with Gasteiger partial charge < -0.3 is 15.6 Å². The maximum atomic E-state index is 14.4. The maximum absolute atomic E-state index is 14.4. The molecule has 1 fully saturated rings. The van der Waals surface area contributed by atoms with Crippen molar-refractivity contribution in [1.82, 2.24) is 10.3 Å². The van der Waals surface area contributed by atoms with Crippen molar-refractivity contribution in [3.63, 3.8) is 0 Å². The van der Waals surface area contributed by atoms with E-state index in [0.717, 1.165) is 24.8 Å². The van der Waals surface area contributed by atoms with Crippen LogP contribution in [-0.2, 0) is 13.1 Å². The number of hydrogen-bond donors (Lipinski definition) is 2. The van der Waals surface area contributed by atoms with E-state index < -0.39 is 0 Å². The van der Waals surface area contributed by atoms with Gasteiger partial charge in [0, 0.05) is 43.4 Å². The Morgan fingerprint density at radius 1 is 1.38 bits per heavy atom. The van der Waals surface area contributed by atoms with Crippen molar-refractivity contribution in [2.75, 3.05) is 5.32 Å². The van der Waals surface area contributed by atoms with Crippen molar-refractivity contribution in [2.45, 2.75) is 57.8 Å². The first-order valence-corrected chi connectivity index (χ1v) is 7.22. The van der Waals surface area contributed by atoms with Gasteiger partial charge in [-0.05, 0) is 25.9 Å². The molecule has 0 bridgehead atoms. The summed E-state index contributed by atoms with van der Waals surface area (Å²) in [5.41, 5.74) is 1.54. The average molecular weight is 512 g/mol. The number of anilines is 1. The predicted octanol–water partition coefficient (Wildman–Crippen LogP) is 2.70. The van der Waals surface area contributed by atoms with Crippen LogP contribution in [0.4, 0.5) is 10.2 Å². The zero-order chi connectivity index (χ0) is 13.9. The molecule has 1 saturated carbocycles. The van der Waals surface area contributed by atoms with Gasteiger partial charge in [-0.2, -0.15) is 0 Å². The van der Waals surface area contributed by atoms with Crippen LogP contribution in [0, 0.1) is 49.2 Å². The minimum Gasteiger partial charge on any atom is -0.410 e. The second kappa shape index (κ2) is 7.59. The van der Waals surface area contributed by atoms with Crippen LogP contribution in [0.1, 0.15) is 43.7 Å². The molecular weight excluding hydrogens is 493 g/mol. The number of rotatable bonds is 2. The second-order valence-electron chi connectivity index (χ2n) is 5.40. The molecule has 2 aliphatic rings. The van der Waals surface area contributed by atoms with Gasteiger partial charge in [-0.25, -0.2) is 4.39 Å². The summed E-state index contributed by atoms with van der Waals surface area (Å²) in [6.07, 6.45) is 7.26. The fourth-order valence-corrected chi connectivity index (χ4v) is 3.03. The van der Waals surface area contributed by atoms with E-state index in [1.807, 2.05) is 0 Å². The molecule has 110 valence electrons. The molecule has 21 heavy (non-hydrogen) atoms. The van der Waals surface area contributed by atoms with E-state index in [1.165, 1.54) is 6.42 Å². The molecule has 0 amide bonds. The molecule has 1 aromatic rings. The molecule has 0 radical (unpaired) electrons. The third-order valence-corrected chi connectivity index (χ3v) is 4.09. The molecule has 6 heteroatoms. The topological polar surface area (TPSA) is 41.3 Å². The monoisotopic (exact) mass is 512 g/mol. The fraction of sp³-hybridized carbons (Fsp3) is 0.600. The van der Waals surface area contributed by atoms with Gasteiger partial charge in [0.05, 0.1) is 18.8 Å². The largest absolute Gasteiger partial charge is 0.410 e. The molecule has 0 spiro atoms. The molecule has 2 heterocycles. The summed E-state index contributed by atoms with van der Waals surface area (Å²) < 4.78 is 14.4. The first kappa shape index (κ1) is 16.7. The molecule has 0 aromatic carbocycles. The van der Waals surface area contributed by atoms with E-state index >= 15 is 0 Å². The van der Waals surface area contributed by atoms with E-state index in [1.54, 1.807) is 6.92 Å². The van der Waals surface area contributed by atoms with E-state index in [2.05, 4.69) is 32.7 Å². The quantitative estimate of drug-likeness (QED) is 0.600. The van der Waals surface area contributed by atoms with Gasteiger partial charge in [0.1, 0.15) is 0 Å². The smallest absolute Gasteiger partial charge is 0.291 e. The van der Waals surface area contributed by atoms with Crippen molar-refractivity contribution in [3.8, 4) is 6.07 Å². The minimum absolute atomic E-state index is 0. The molecular formula is C15H19FN4U. The second-order valence-corrected chi connectivity index (χ2v) is 5.40. The third-order valence-electron chi connectivity index (χ3n) is 4.09. The van der Waals surface area contributed by atoms with Crippen molar-refractivity contribution in [1.29, 1.82) is 0 Å². The molecule has 0 saturated heterocycles. The van der Waals surface area contributed by atoms with Gasteiger partial charge >= 0.3 is 0 Å². The standard InChI is InChI=1S/C15H19FN4.U/c1-2-18-12-5-3-4-6-13(12)20-15-14(16)11-9-17-7-10(11)8-19-15;/h12-13,17H,3-7,9H2,1H3,(H,19,20);/t12-,13+;/m0./s1. The molecule has 0 unspecified atom stereocenters. The Labute approximate surface area is 148 Å². The summed E-state index contributed by atoms with van der Waals surface area (Å²) in [6, 6.07) is 3.17. The number of hydrogen-bond acceptors (Lipinski definition) is 3. The average Bonchev–Trinajstić information content (AvgIpc) is 2.93. The van der Waals surface area contributed by atoms with E-state index in [0.29, 0.717) is 24.5 Å². The summed E-state index contributed by atoms with van der Waals surface area (Å²) in [7, 11) is 0. The van der Waals surface area contributed by atoms with Crippen LogP contribution in [0.5, 0.6) is 0 Å². The Bertz CT molecular complexity index is 567. The first-order valence-electron chi connectivity index (χ1n) is 7.22. The number of nitrogens with zero attached hydrogens (tertiary/aromatic N) is 2. The molecule has 2 atom stereocenters. The van der Waals surface area contributed by atoms with Crippen LogP contribution >= 0.6 is 0 Å². The minimum atomic E-state index is -0.238. The summed E-state index contributed by atoms with van der Waals surface area (Å²) in [6.45, 7) is 3.02. The molecule has 3 rings (SSSR count). The van der Waals surface area contributed by atoms with Crippen molar-refractivity contribution in [2.24, 2.45) is 0 Å². The summed E-state index contributed by atoms with van der Waals surface area (Å²) in [4.78, 5) is 8.50. The Morgan fingerprint density at radius 2 is 2.19 bits per heavy atom.